The number of amides is 1. The Labute approximate surface area is 124 Å². The zero-order valence-corrected chi connectivity index (χ0v) is 14.0. The second-order valence-corrected chi connectivity index (χ2v) is 6.92. The van der Waals surface area contributed by atoms with Crippen molar-refractivity contribution in [2.75, 3.05) is 27.2 Å². The molecule has 1 amide bonds. The molecule has 0 bridgehead atoms. The van der Waals surface area contributed by atoms with E-state index in [1.807, 2.05) is 0 Å². The van der Waals surface area contributed by atoms with E-state index < -0.39 is 0 Å². The van der Waals surface area contributed by atoms with E-state index in [0.29, 0.717) is 5.92 Å². The highest BCUT2D eigenvalue weighted by Crippen LogP contribution is 2.25. The monoisotopic (exact) mass is 283 g/mol. The molecule has 1 aliphatic rings. The minimum Gasteiger partial charge on any atom is -0.350 e. The van der Waals surface area contributed by atoms with Crippen molar-refractivity contribution in [2.45, 2.75) is 64.5 Å². The van der Waals surface area contributed by atoms with Crippen LogP contribution in [-0.4, -0.2) is 49.6 Å². The fraction of sp³-hybridized carbons (Fsp3) is 0.938. The molecule has 20 heavy (non-hydrogen) atoms. The second kappa shape index (κ2) is 7.99. The Hall–Kier alpha value is -0.610. The van der Waals surface area contributed by atoms with Gasteiger partial charge in [0, 0.05) is 12.6 Å². The molecule has 2 N–H and O–H groups in total. The summed E-state index contributed by atoms with van der Waals surface area (Å²) in [5.74, 6) is 0.809. The third-order valence-corrected chi connectivity index (χ3v) is 4.03. The van der Waals surface area contributed by atoms with E-state index >= 15 is 0 Å². The molecular weight excluding hydrogens is 250 g/mol. The topological polar surface area (TPSA) is 44.4 Å². The molecule has 0 aliphatic carbocycles. The number of nitrogens with zero attached hydrogens (tertiary/aromatic N) is 1. The normalized spacial score (nSPS) is 24.4. The summed E-state index contributed by atoms with van der Waals surface area (Å²) < 4.78 is 0. The van der Waals surface area contributed by atoms with Gasteiger partial charge in [-0.3, -0.25) is 4.79 Å². The third kappa shape index (κ3) is 5.06. The van der Waals surface area contributed by atoms with Gasteiger partial charge in [-0.25, -0.2) is 0 Å². The van der Waals surface area contributed by atoms with Gasteiger partial charge in [0.05, 0.1) is 5.54 Å². The van der Waals surface area contributed by atoms with Crippen molar-refractivity contribution in [1.29, 1.82) is 0 Å². The predicted octanol–water partition coefficient (Wildman–Crippen LogP) is 2.00. The van der Waals surface area contributed by atoms with Crippen molar-refractivity contribution in [3.8, 4) is 0 Å². The Kier molecular flexibility index (Phi) is 6.96. The van der Waals surface area contributed by atoms with Gasteiger partial charge in [-0.1, -0.05) is 27.2 Å². The van der Waals surface area contributed by atoms with Crippen molar-refractivity contribution in [1.82, 2.24) is 15.5 Å². The average molecular weight is 283 g/mol. The van der Waals surface area contributed by atoms with Gasteiger partial charge in [0.1, 0.15) is 0 Å². The van der Waals surface area contributed by atoms with E-state index in [2.05, 4.69) is 50.4 Å². The first-order chi connectivity index (χ1) is 9.39. The van der Waals surface area contributed by atoms with Crippen LogP contribution in [0.15, 0.2) is 0 Å². The van der Waals surface area contributed by atoms with Crippen LogP contribution >= 0.6 is 0 Å². The van der Waals surface area contributed by atoms with Crippen LogP contribution in [0.2, 0.25) is 0 Å². The van der Waals surface area contributed by atoms with Crippen LogP contribution < -0.4 is 10.6 Å². The molecule has 0 spiro atoms. The minimum absolute atomic E-state index is 0.212. The maximum Gasteiger partial charge on any atom is 0.240 e. The lowest BCUT2D eigenvalue weighted by Crippen LogP contribution is -2.57. The molecule has 4 nitrogen and oxygen atoms in total. The van der Waals surface area contributed by atoms with Gasteiger partial charge >= 0.3 is 0 Å². The third-order valence-electron chi connectivity index (χ3n) is 4.03. The lowest BCUT2D eigenvalue weighted by molar-refractivity contribution is -0.128. The summed E-state index contributed by atoms with van der Waals surface area (Å²) in [7, 11) is 4.13. The van der Waals surface area contributed by atoms with Gasteiger partial charge in [0.25, 0.3) is 0 Å². The van der Waals surface area contributed by atoms with Crippen LogP contribution in [-0.2, 0) is 4.79 Å². The number of carbonyl (C=O) groups excluding carboxylic acids is 1. The number of likely N-dealkylation sites (N-methyl/N-ethyl adjacent to an activating group) is 1. The molecule has 0 saturated carbocycles. The molecule has 118 valence electrons. The lowest BCUT2D eigenvalue weighted by Gasteiger charge is -2.32. The van der Waals surface area contributed by atoms with Gasteiger partial charge in [0.2, 0.25) is 5.91 Å². The first-order valence-electron chi connectivity index (χ1n) is 8.10. The van der Waals surface area contributed by atoms with Crippen molar-refractivity contribution in [3.63, 3.8) is 0 Å². The molecule has 1 fully saturated rings. The Morgan fingerprint density at radius 2 is 2.10 bits per heavy atom. The summed E-state index contributed by atoms with van der Waals surface area (Å²) in [6, 6.07) is 0.244. The smallest absolute Gasteiger partial charge is 0.240 e. The average Bonchev–Trinajstić information content (AvgIpc) is 2.77. The van der Waals surface area contributed by atoms with E-state index in [0.717, 1.165) is 45.2 Å². The first-order valence-corrected chi connectivity index (χ1v) is 8.10. The molecule has 1 saturated heterocycles. The van der Waals surface area contributed by atoms with Gasteiger partial charge < -0.3 is 15.5 Å². The number of hydrogen-bond donors (Lipinski definition) is 2. The molecule has 0 radical (unpaired) electrons. The van der Waals surface area contributed by atoms with Gasteiger partial charge in [-0.2, -0.15) is 0 Å². The highest BCUT2D eigenvalue weighted by atomic mass is 16.2. The molecule has 0 aromatic rings. The van der Waals surface area contributed by atoms with E-state index in [1.165, 1.54) is 0 Å². The van der Waals surface area contributed by atoms with Crippen molar-refractivity contribution < 1.29 is 4.79 Å². The van der Waals surface area contributed by atoms with E-state index in [9.17, 15) is 4.79 Å². The second-order valence-electron chi connectivity index (χ2n) is 6.92. The Bertz CT molecular complexity index is 286. The maximum absolute atomic E-state index is 12.7. The summed E-state index contributed by atoms with van der Waals surface area (Å²) in [5, 5.41) is 6.76. The summed E-state index contributed by atoms with van der Waals surface area (Å²) in [4.78, 5) is 14.9. The van der Waals surface area contributed by atoms with Crippen LogP contribution in [0.3, 0.4) is 0 Å². The van der Waals surface area contributed by atoms with E-state index in [4.69, 9.17) is 0 Å². The van der Waals surface area contributed by atoms with Crippen molar-refractivity contribution in [3.05, 3.63) is 0 Å². The standard InChI is InChI=1S/C16H33N3O/c1-6-8-16(9-7-10-17-16)15(20)18-14(11-13(2)3)12-19(4)5/h13-14,17H,6-12H2,1-5H3,(H,18,20). The fourth-order valence-electron chi connectivity index (χ4n) is 3.27. The van der Waals surface area contributed by atoms with Crippen LogP contribution in [0.4, 0.5) is 0 Å². The highest BCUT2D eigenvalue weighted by Gasteiger charge is 2.40. The summed E-state index contributed by atoms with van der Waals surface area (Å²) in [6.45, 7) is 8.46. The minimum atomic E-state index is -0.309. The first kappa shape index (κ1) is 17.4. The predicted molar refractivity (Wildman–Crippen MR) is 84.8 cm³/mol. The number of carbonyl (C=O) groups is 1. The molecule has 1 aliphatic heterocycles. The molecule has 2 unspecified atom stereocenters. The number of hydrogen-bond acceptors (Lipinski definition) is 3. The van der Waals surface area contributed by atoms with Crippen molar-refractivity contribution >= 4 is 5.91 Å². The van der Waals surface area contributed by atoms with Gasteiger partial charge in [0.15, 0.2) is 0 Å². The lowest BCUT2D eigenvalue weighted by atomic mass is 9.90. The van der Waals surface area contributed by atoms with Gasteiger partial charge in [-0.05, 0) is 52.2 Å². The van der Waals surface area contributed by atoms with Crippen LogP contribution in [0.5, 0.6) is 0 Å². The van der Waals surface area contributed by atoms with Gasteiger partial charge in [-0.15, -0.1) is 0 Å². The molecule has 4 heteroatoms. The number of rotatable bonds is 8. The van der Waals surface area contributed by atoms with E-state index in [1.54, 1.807) is 0 Å². The Balaban J connectivity index is 2.67. The Morgan fingerprint density at radius 1 is 1.40 bits per heavy atom. The zero-order chi connectivity index (χ0) is 15.2. The summed E-state index contributed by atoms with van der Waals surface area (Å²) in [5.41, 5.74) is -0.309. The Morgan fingerprint density at radius 3 is 2.55 bits per heavy atom. The summed E-state index contributed by atoms with van der Waals surface area (Å²) in [6.07, 6.45) is 5.10. The molecule has 0 aromatic heterocycles. The van der Waals surface area contributed by atoms with E-state index in [-0.39, 0.29) is 17.5 Å². The maximum atomic E-state index is 12.7. The fourth-order valence-corrected chi connectivity index (χ4v) is 3.27. The summed E-state index contributed by atoms with van der Waals surface area (Å²) >= 11 is 0. The molecule has 0 aromatic carbocycles. The largest absolute Gasteiger partial charge is 0.350 e. The van der Waals surface area contributed by atoms with Crippen LogP contribution in [0.1, 0.15) is 52.9 Å². The quantitative estimate of drug-likeness (QED) is 0.716. The van der Waals surface area contributed by atoms with Crippen molar-refractivity contribution in [2.24, 2.45) is 5.92 Å². The number of nitrogens with one attached hydrogen (secondary N) is 2. The highest BCUT2D eigenvalue weighted by molar-refractivity contribution is 5.87. The van der Waals surface area contributed by atoms with Crippen LogP contribution in [0.25, 0.3) is 0 Å². The zero-order valence-electron chi connectivity index (χ0n) is 14.0. The van der Waals surface area contributed by atoms with Crippen LogP contribution in [0, 0.1) is 5.92 Å². The molecule has 1 rings (SSSR count). The molecular formula is C16H33N3O. The SMILES string of the molecule is CCCC1(C(=O)NC(CC(C)C)CN(C)C)CCCN1. The molecule has 2 atom stereocenters. The molecule has 1 heterocycles.